The van der Waals surface area contributed by atoms with E-state index >= 15 is 0 Å². The molecular formula is C18H31NO7. The zero-order chi connectivity index (χ0) is 19.5. The van der Waals surface area contributed by atoms with E-state index in [1.165, 1.54) is 0 Å². The lowest BCUT2D eigenvalue weighted by Gasteiger charge is -2.41. The third-order valence-electron chi connectivity index (χ3n) is 5.37. The fourth-order valence-corrected chi connectivity index (χ4v) is 3.86. The van der Waals surface area contributed by atoms with Crippen molar-refractivity contribution in [3.05, 3.63) is 0 Å². The number of fused-ring (bicyclic) bond motifs is 1. The van der Waals surface area contributed by atoms with Gasteiger partial charge in [-0.15, -0.1) is 0 Å². The second-order valence-corrected chi connectivity index (χ2v) is 8.61. The highest BCUT2D eigenvalue weighted by Crippen LogP contribution is 2.51. The SMILES string of the molecule is CCOC(=O)C(C)(C)C1(N)O[C@H]([C@H]2COC(C)(C)O2)[C@@H]2OC(C)(C)O[C@@H]21. The van der Waals surface area contributed by atoms with Crippen LogP contribution in [0.15, 0.2) is 0 Å². The maximum absolute atomic E-state index is 12.6. The molecule has 0 aromatic carbocycles. The van der Waals surface area contributed by atoms with Crippen LogP contribution in [-0.4, -0.2) is 60.9 Å². The van der Waals surface area contributed by atoms with Crippen LogP contribution in [0.3, 0.4) is 0 Å². The largest absolute Gasteiger partial charge is 0.465 e. The smallest absolute Gasteiger partial charge is 0.315 e. The second-order valence-electron chi connectivity index (χ2n) is 8.61. The van der Waals surface area contributed by atoms with Crippen molar-refractivity contribution < 1.29 is 33.2 Å². The topological polar surface area (TPSA) is 98.5 Å². The van der Waals surface area contributed by atoms with Crippen LogP contribution in [0, 0.1) is 5.41 Å². The van der Waals surface area contributed by atoms with Crippen molar-refractivity contribution in [2.75, 3.05) is 13.2 Å². The maximum atomic E-state index is 12.6. The van der Waals surface area contributed by atoms with Crippen molar-refractivity contribution in [1.29, 1.82) is 0 Å². The predicted octanol–water partition coefficient (Wildman–Crippen LogP) is 1.30. The van der Waals surface area contributed by atoms with Crippen LogP contribution in [-0.2, 0) is 33.2 Å². The molecule has 3 fully saturated rings. The number of hydrogen-bond acceptors (Lipinski definition) is 8. The maximum Gasteiger partial charge on any atom is 0.315 e. The minimum absolute atomic E-state index is 0.256. The van der Waals surface area contributed by atoms with Crippen molar-refractivity contribution in [2.24, 2.45) is 11.1 Å². The first-order valence-electron chi connectivity index (χ1n) is 9.14. The fraction of sp³-hybridized carbons (Fsp3) is 0.944. The Morgan fingerprint density at radius 2 is 1.73 bits per heavy atom. The molecule has 3 rings (SSSR count). The highest BCUT2D eigenvalue weighted by molar-refractivity contribution is 5.77. The van der Waals surface area contributed by atoms with Crippen LogP contribution >= 0.6 is 0 Å². The van der Waals surface area contributed by atoms with Gasteiger partial charge < -0.3 is 34.2 Å². The molecule has 150 valence electrons. The molecule has 0 spiro atoms. The number of carbonyl (C=O) groups excluding carboxylic acids is 1. The van der Waals surface area contributed by atoms with E-state index in [0.29, 0.717) is 6.61 Å². The van der Waals surface area contributed by atoms with E-state index in [4.69, 9.17) is 34.2 Å². The Labute approximate surface area is 154 Å². The first-order valence-corrected chi connectivity index (χ1v) is 9.14. The Kier molecular flexibility index (Phi) is 4.70. The van der Waals surface area contributed by atoms with Gasteiger partial charge >= 0.3 is 5.97 Å². The van der Waals surface area contributed by atoms with E-state index in [9.17, 15) is 4.79 Å². The summed E-state index contributed by atoms with van der Waals surface area (Å²) in [6.07, 6.45) is -2.03. The highest BCUT2D eigenvalue weighted by Gasteiger charge is 2.70. The van der Waals surface area contributed by atoms with Crippen LogP contribution in [0.4, 0.5) is 0 Å². The van der Waals surface area contributed by atoms with Gasteiger partial charge in [-0.1, -0.05) is 0 Å². The molecule has 5 atom stereocenters. The van der Waals surface area contributed by atoms with Gasteiger partial charge in [0.2, 0.25) is 0 Å². The van der Waals surface area contributed by atoms with E-state index in [1.807, 2.05) is 27.7 Å². The van der Waals surface area contributed by atoms with Gasteiger partial charge in [0, 0.05) is 0 Å². The van der Waals surface area contributed by atoms with E-state index in [-0.39, 0.29) is 12.7 Å². The first kappa shape index (κ1) is 20.0. The quantitative estimate of drug-likeness (QED) is 0.737. The normalized spacial score (nSPS) is 41.2. The summed E-state index contributed by atoms with van der Waals surface area (Å²) in [6, 6.07) is 0. The van der Waals surface area contributed by atoms with Crippen molar-refractivity contribution in [3.8, 4) is 0 Å². The molecule has 3 heterocycles. The van der Waals surface area contributed by atoms with E-state index in [1.54, 1.807) is 20.8 Å². The number of nitrogens with two attached hydrogens (primary N) is 1. The Bertz CT molecular complexity index is 576. The second kappa shape index (κ2) is 6.12. The molecule has 0 aliphatic carbocycles. The lowest BCUT2D eigenvalue weighted by molar-refractivity contribution is -0.248. The number of ether oxygens (including phenoxy) is 6. The first-order chi connectivity index (χ1) is 11.8. The molecular weight excluding hydrogens is 342 g/mol. The Balaban J connectivity index is 1.93. The van der Waals surface area contributed by atoms with Crippen LogP contribution in [0.25, 0.3) is 0 Å². The van der Waals surface area contributed by atoms with Gasteiger partial charge in [0.05, 0.1) is 13.2 Å². The molecule has 26 heavy (non-hydrogen) atoms. The zero-order valence-electron chi connectivity index (χ0n) is 16.7. The Morgan fingerprint density at radius 1 is 1.08 bits per heavy atom. The van der Waals surface area contributed by atoms with Crippen LogP contribution < -0.4 is 5.73 Å². The van der Waals surface area contributed by atoms with Crippen molar-refractivity contribution in [3.63, 3.8) is 0 Å². The summed E-state index contributed by atoms with van der Waals surface area (Å²) in [5, 5.41) is 0. The summed E-state index contributed by atoms with van der Waals surface area (Å²) in [4.78, 5) is 12.6. The van der Waals surface area contributed by atoms with Crippen molar-refractivity contribution in [1.82, 2.24) is 0 Å². The molecule has 0 radical (unpaired) electrons. The summed E-state index contributed by atoms with van der Waals surface area (Å²) >= 11 is 0. The van der Waals surface area contributed by atoms with E-state index < -0.39 is 47.0 Å². The molecule has 2 N–H and O–H groups in total. The number of rotatable bonds is 4. The van der Waals surface area contributed by atoms with Crippen molar-refractivity contribution in [2.45, 2.75) is 90.2 Å². The van der Waals surface area contributed by atoms with Crippen molar-refractivity contribution >= 4 is 5.97 Å². The minimum Gasteiger partial charge on any atom is -0.465 e. The lowest BCUT2D eigenvalue weighted by Crippen LogP contribution is -2.64. The molecule has 0 aromatic heterocycles. The van der Waals surface area contributed by atoms with Gasteiger partial charge in [0.25, 0.3) is 0 Å². The average molecular weight is 373 g/mol. The van der Waals surface area contributed by atoms with E-state index in [2.05, 4.69) is 0 Å². The summed E-state index contributed by atoms with van der Waals surface area (Å²) in [5.74, 6) is -2.00. The third-order valence-corrected chi connectivity index (χ3v) is 5.37. The molecule has 0 amide bonds. The summed E-state index contributed by atoms with van der Waals surface area (Å²) in [5.41, 5.74) is 4.09. The molecule has 0 aromatic rings. The summed E-state index contributed by atoms with van der Waals surface area (Å²) < 4.78 is 35.3. The predicted molar refractivity (Wildman–Crippen MR) is 90.9 cm³/mol. The molecule has 0 bridgehead atoms. The zero-order valence-corrected chi connectivity index (χ0v) is 16.7. The lowest BCUT2D eigenvalue weighted by atomic mass is 9.77. The van der Waals surface area contributed by atoms with Crippen LogP contribution in [0.5, 0.6) is 0 Å². The molecule has 3 saturated heterocycles. The monoisotopic (exact) mass is 373 g/mol. The van der Waals surface area contributed by atoms with Crippen LogP contribution in [0.2, 0.25) is 0 Å². The van der Waals surface area contributed by atoms with Gasteiger partial charge in [-0.25, -0.2) is 0 Å². The Morgan fingerprint density at radius 3 is 2.27 bits per heavy atom. The molecule has 1 unspecified atom stereocenters. The van der Waals surface area contributed by atoms with Gasteiger partial charge in [-0.2, -0.15) is 0 Å². The molecule has 8 nitrogen and oxygen atoms in total. The molecule has 0 saturated carbocycles. The molecule has 3 aliphatic rings. The summed E-state index contributed by atoms with van der Waals surface area (Å²) in [7, 11) is 0. The Hall–Kier alpha value is -0.770. The number of carbonyl (C=O) groups is 1. The van der Waals surface area contributed by atoms with Gasteiger partial charge in [-0.05, 0) is 48.5 Å². The fourth-order valence-electron chi connectivity index (χ4n) is 3.86. The van der Waals surface area contributed by atoms with Gasteiger partial charge in [0.1, 0.15) is 29.8 Å². The number of esters is 1. The van der Waals surface area contributed by atoms with Gasteiger partial charge in [-0.3, -0.25) is 4.79 Å². The van der Waals surface area contributed by atoms with Crippen LogP contribution in [0.1, 0.15) is 48.5 Å². The highest BCUT2D eigenvalue weighted by atomic mass is 16.8. The molecule has 3 aliphatic heterocycles. The summed E-state index contributed by atoms with van der Waals surface area (Å²) in [6.45, 7) is 13.1. The minimum atomic E-state index is -1.43. The van der Waals surface area contributed by atoms with Gasteiger partial charge in [0.15, 0.2) is 17.3 Å². The molecule has 8 heteroatoms. The number of hydrogen-bond donors (Lipinski definition) is 1. The standard InChI is InChI=1S/C18H31NO7/c1-8-21-14(20)15(2,3)18(19)13-12(24-17(6,7)26-13)11(25-18)10-9-22-16(4,5)23-10/h10-13H,8-9,19H2,1-7H3/t10-,11-,12+,13+,18?/m1/s1. The average Bonchev–Trinajstić information content (AvgIpc) is 3.11. The third kappa shape index (κ3) is 3.06. The van der Waals surface area contributed by atoms with E-state index in [0.717, 1.165) is 0 Å².